The number of carboxylic acid groups (broad SMARTS) is 1. The number of carbonyl (C=O) groups is 2. The van der Waals surface area contributed by atoms with Gasteiger partial charge in [-0.3, -0.25) is 4.79 Å². The Bertz CT molecular complexity index is 504. The van der Waals surface area contributed by atoms with E-state index in [1.54, 1.807) is 0 Å². The van der Waals surface area contributed by atoms with Crippen LogP contribution in [0.2, 0.25) is 5.02 Å². The van der Waals surface area contributed by atoms with Crippen LogP contribution >= 0.6 is 11.6 Å². The highest BCUT2D eigenvalue weighted by Crippen LogP contribution is 2.34. The molecular formula is C13H16ClNO5. The van der Waals surface area contributed by atoms with Crippen LogP contribution < -0.4 is 14.8 Å². The maximum Gasteiger partial charge on any atom is 0.339 e. The molecule has 0 bridgehead atoms. The number of methoxy groups -OCH3 is 1. The van der Waals surface area contributed by atoms with E-state index in [2.05, 4.69) is 5.32 Å². The first-order valence-electron chi connectivity index (χ1n) is 5.99. The summed E-state index contributed by atoms with van der Waals surface area (Å²) in [5, 5.41) is 12.0. The van der Waals surface area contributed by atoms with Gasteiger partial charge in [0.05, 0.1) is 20.1 Å². The summed E-state index contributed by atoms with van der Waals surface area (Å²) in [6.45, 7) is 2.39. The lowest BCUT2D eigenvalue weighted by Gasteiger charge is -2.13. The van der Waals surface area contributed by atoms with Crippen molar-refractivity contribution in [3.8, 4) is 11.5 Å². The van der Waals surface area contributed by atoms with Crippen LogP contribution in [0.25, 0.3) is 0 Å². The van der Waals surface area contributed by atoms with Gasteiger partial charge in [0.2, 0.25) is 5.91 Å². The summed E-state index contributed by atoms with van der Waals surface area (Å²) in [7, 11) is 1.38. The maximum absolute atomic E-state index is 11.3. The lowest BCUT2D eigenvalue weighted by molar-refractivity contribution is -0.121. The van der Waals surface area contributed by atoms with E-state index < -0.39 is 5.97 Å². The quantitative estimate of drug-likeness (QED) is 0.804. The monoisotopic (exact) mass is 301 g/mol. The van der Waals surface area contributed by atoms with Crippen molar-refractivity contribution >= 4 is 23.5 Å². The van der Waals surface area contributed by atoms with E-state index in [-0.39, 0.29) is 41.0 Å². The van der Waals surface area contributed by atoms with Gasteiger partial charge in [-0.15, -0.1) is 0 Å². The molecule has 0 heterocycles. The molecule has 0 aromatic heterocycles. The molecule has 0 spiro atoms. The van der Waals surface area contributed by atoms with Crippen molar-refractivity contribution in [1.29, 1.82) is 0 Å². The van der Waals surface area contributed by atoms with Gasteiger partial charge in [-0.2, -0.15) is 0 Å². The van der Waals surface area contributed by atoms with E-state index >= 15 is 0 Å². The molecule has 1 amide bonds. The van der Waals surface area contributed by atoms with Gasteiger partial charge in [0.1, 0.15) is 5.56 Å². The molecule has 6 nitrogen and oxygen atoms in total. The van der Waals surface area contributed by atoms with Gasteiger partial charge in [0, 0.05) is 17.6 Å². The van der Waals surface area contributed by atoms with Crippen molar-refractivity contribution in [2.75, 3.05) is 20.3 Å². The minimum atomic E-state index is -1.18. The van der Waals surface area contributed by atoms with Crippen LogP contribution in [-0.2, 0) is 4.79 Å². The van der Waals surface area contributed by atoms with E-state index in [0.29, 0.717) is 6.54 Å². The molecule has 0 unspecified atom stereocenters. The third-order valence-electron chi connectivity index (χ3n) is 2.42. The number of benzene rings is 1. The van der Waals surface area contributed by atoms with Gasteiger partial charge in [-0.25, -0.2) is 4.79 Å². The summed E-state index contributed by atoms with van der Waals surface area (Å²) in [5.74, 6) is -1.07. The van der Waals surface area contributed by atoms with Crippen molar-refractivity contribution in [3.05, 3.63) is 22.7 Å². The molecule has 1 aromatic carbocycles. The van der Waals surface area contributed by atoms with Crippen molar-refractivity contribution < 1.29 is 24.2 Å². The summed E-state index contributed by atoms with van der Waals surface area (Å²) >= 11 is 5.81. The molecule has 0 saturated heterocycles. The molecule has 0 aliphatic carbocycles. The summed E-state index contributed by atoms with van der Waals surface area (Å²) in [4.78, 5) is 22.5. The van der Waals surface area contributed by atoms with E-state index in [9.17, 15) is 9.59 Å². The first-order chi connectivity index (χ1) is 9.49. The number of amides is 1. The lowest BCUT2D eigenvalue weighted by atomic mass is 10.2. The third kappa shape index (κ3) is 4.31. The smallest absolute Gasteiger partial charge is 0.339 e. The normalized spacial score (nSPS) is 9.95. The molecule has 0 fully saturated rings. The van der Waals surface area contributed by atoms with Crippen molar-refractivity contribution in [2.45, 2.75) is 13.3 Å². The molecular weight excluding hydrogens is 286 g/mol. The van der Waals surface area contributed by atoms with Crippen LogP contribution in [-0.4, -0.2) is 37.2 Å². The Kier molecular flexibility index (Phi) is 6.11. The second-order valence-corrected chi connectivity index (χ2v) is 4.28. The number of halogens is 1. The van der Waals surface area contributed by atoms with E-state index in [0.717, 1.165) is 0 Å². The number of hydrogen-bond acceptors (Lipinski definition) is 4. The molecule has 0 atom stereocenters. The van der Waals surface area contributed by atoms with E-state index in [4.69, 9.17) is 26.2 Å². The first-order valence-corrected chi connectivity index (χ1v) is 6.37. The molecule has 110 valence electrons. The maximum atomic E-state index is 11.3. The number of nitrogens with one attached hydrogen (secondary N) is 1. The van der Waals surface area contributed by atoms with E-state index in [1.165, 1.54) is 19.2 Å². The zero-order valence-corrected chi connectivity index (χ0v) is 12.0. The predicted molar refractivity (Wildman–Crippen MR) is 73.8 cm³/mol. The lowest BCUT2D eigenvalue weighted by Crippen LogP contribution is -2.24. The van der Waals surface area contributed by atoms with Crippen LogP contribution in [0, 0.1) is 0 Å². The van der Waals surface area contributed by atoms with Crippen LogP contribution in [0.3, 0.4) is 0 Å². The van der Waals surface area contributed by atoms with Gasteiger partial charge in [0.25, 0.3) is 0 Å². The number of aromatic carboxylic acids is 1. The molecule has 0 radical (unpaired) electrons. The highest BCUT2D eigenvalue weighted by atomic mass is 35.5. The first kappa shape index (κ1) is 16.1. The number of carbonyl (C=O) groups excluding carboxylic acids is 1. The van der Waals surface area contributed by atoms with Gasteiger partial charge in [0.15, 0.2) is 11.5 Å². The fraction of sp³-hybridized carbons (Fsp3) is 0.385. The second kappa shape index (κ2) is 7.59. The Morgan fingerprint density at radius 1 is 1.40 bits per heavy atom. The van der Waals surface area contributed by atoms with Crippen molar-refractivity contribution in [3.63, 3.8) is 0 Å². The Hall–Kier alpha value is -1.95. The Morgan fingerprint density at radius 3 is 2.65 bits per heavy atom. The van der Waals surface area contributed by atoms with Gasteiger partial charge in [-0.1, -0.05) is 11.6 Å². The Labute approximate surface area is 121 Å². The van der Waals surface area contributed by atoms with Gasteiger partial charge < -0.3 is 19.9 Å². The molecule has 7 heteroatoms. The summed E-state index contributed by atoms with van der Waals surface area (Å²) < 4.78 is 10.4. The van der Waals surface area contributed by atoms with Crippen LogP contribution in [0.15, 0.2) is 12.1 Å². The van der Waals surface area contributed by atoms with Crippen molar-refractivity contribution in [2.24, 2.45) is 0 Å². The Morgan fingerprint density at radius 2 is 2.10 bits per heavy atom. The molecule has 1 aromatic rings. The summed E-state index contributed by atoms with van der Waals surface area (Å²) in [5.41, 5.74) is -0.106. The number of rotatable bonds is 7. The second-order valence-electron chi connectivity index (χ2n) is 3.84. The molecule has 0 aliphatic heterocycles. The highest BCUT2D eigenvalue weighted by molar-refractivity contribution is 6.31. The number of hydrogen-bond donors (Lipinski definition) is 2. The summed E-state index contributed by atoms with van der Waals surface area (Å²) in [6.07, 6.45) is 0.124. The largest absolute Gasteiger partial charge is 0.493 e. The zero-order chi connectivity index (χ0) is 15.1. The number of ether oxygens (including phenoxy) is 2. The molecule has 20 heavy (non-hydrogen) atoms. The SMILES string of the molecule is CCNC(=O)CCOc1c(OC)cc(Cl)cc1C(=O)O. The minimum absolute atomic E-state index is 0.0457. The predicted octanol–water partition coefficient (Wildman–Crippen LogP) is 1.95. The van der Waals surface area contributed by atoms with Crippen LogP contribution in [0.5, 0.6) is 11.5 Å². The molecule has 1 rings (SSSR count). The topological polar surface area (TPSA) is 84.9 Å². The van der Waals surface area contributed by atoms with Gasteiger partial charge in [-0.05, 0) is 13.0 Å². The zero-order valence-electron chi connectivity index (χ0n) is 11.2. The molecule has 0 saturated carbocycles. The molecule has 2 N–H and O–H groups in total. The fourth-order valence-electron chi connectivity index (χ4n) is 1.56. The highest BCUT2D eigenvalue weighted by Gasteiger charge is 2.18. The molecule has 0 aliphatic rings. The minimum Gasteiger partial charge on any atom is -0.493 e. The average molecular weight is 302 g/mol. The van der Waals surface area contributed by atoms with Gasteiger partial charge >= 0.3 is 5.97 Å². The standard InChI is InChI=1S/C13H16ClNO5/c1-3-15-11(16)4-5-20-12-9(13(17)18)6-8(14)7-10(12)19-2/h6-7H,3-5H2,1-2H3,(H,15,16)(H,17,18). The number of carboxylic acids is 1. The van der Waals surface area contributed by atoms with Crippen LogP contribution in [0.4, 0.5) is 0 Å². The summed E-state index contributed by atoms with van der Waals surface area (Å²) in [6, 6.07) is 2.73. The Balaban J connectivity index is 2.87. The third-order valence-corrected chi connectivity index (χ3v) is 2.64. The van der Waals surface area contributed by atoms with E-state index in [1.807, 2.05) is 6.92 Å². The average Bonchev–Trinajstić information content (AvgIpc) is 2.39. The fourth-order valence-corrected chi connectivity index (χ4v) is 1.77. The van der Waals surface area contributed by atoms with Crippen molar-refractivity contribution in [1.82, 2.24) is 5.32 Å². The van der Waals surface area contributed by atoms with Crippen LogP contribution in [0.1, 0.15) is 23.7 Å².